The highest BCUT2D eigenvalue weighted by molar-refractivity contribution is 5.98. The largest absolute Gasteiger partial charge is 0.423 e. The van der Waals surface area contributed by atoms with Crippen LogP contribution in [0.25, 0.3) is 11.0 Å². The van der Waals surface area contributed by atoms with Crippen LogP contribution in [0.4, 0.5) is 5.69 Å². The van der Waals surface area contributed by atoms with Crippen LogP contribution in [0.15, 0.2) is 33.5 Å². The molecule has 0 fully saturated rings. The van der Waals surface area contributed by atoms with E-state index in [0.29, 0.717) is 11.3 Å². The van der Waals surface area contributed by atoms with Crippen molar-refractivity contribution in [2.75, 3.05) is 11.9 Å². The number of hydrogen-bond donors (Lipinski definition) is 3. The van der Waals surface area contributed by atoms with Crippen molar-refractivity contribution < 1.29 is 19.7 Å². The number of fused-ring (bicyclic) bond motifs is 1. The first-order chi connectivity index (χ1) is 10.4. The van der Waals surface area contributed by atoms with Gasteiger partial charge in [-0.15, -0.1) is 0 Å². The van der Waals surface area contributed by atoms with Gasteiger partial charge in [0.2, 0.25) is 5.91 Å². The van der Waals surface area contributed by atoms with Crippen molar-refractivity contribution in [2.24, 2.45) is 0 Å². The molecule has 0 saturated heterocycles. The second kappa shape index (κ2) is 6.40. The minimum absolute atomic E-state index is 0.0675. The molecular weight excluding hydrogens is 286 g/mol. The van der Waals surface area contributed by atoms with Crippen LogP contribution in [0.3, 0.4) is 0 Å². The molecule has 1 aromatic carbocycles. The number of aryl methyl sites for hydroxylation is 1. The van der Waals surface area contributed by atoms with Gasteiger partial charge in [0.15, 0.2) is 6.54 Å². The lowest BCUT2D eigenvalue weighted by atomic mass is 10.1. The maximum atomic E-state index is 12.0. The van der Waals surface area contributed by atoms with E-state index in [9.17, 15) is 14.4 Å². The second-order valence-electron chi connectivity index (χ2n) is 4.99. The van der Waals surface area contributed by atoms with Gasteiger partial charge in [0.1, 0.15) is 11.6 Å². The summed E-state index contributed by atoms with van der Waals surface area (Å²) in [4.78, 5) is 34.6. The Morgan fingerprint density at radius 3 is 2.73 bits per heavy atom. The summed E-state index contributed by atoms with van der Waals surface area (Å²) in [5.74, 6) is -0.668. The number of quaternary nitrogens is 1. The van der Waals surface area contributed by atoms with Crippen molar-refractivity contribution in [3.63, 3.8) is 0 Å². The Morgan fingerprint density at radius 2 is 2.05 bits per heavy atom. The van der Waals surface area contributed by atoms with Gasteiger partial charge in [-0.1, -0.05) is 0 Å². The summed E-state index contributed by atoms with van der Waals surface area (Å²) in [7, 11) is 0. The monoisotopic (exact) mass is 304 g/mol. The molecule has 0 radical (unpaired) electrons. The van der Waals surface area contributed by atoms with Crippen molar-refractivity contribution in [3.05, 3.63) is 40.2 Å². The number of hydrogen-bond acceptors (Lipinski definition) is 4. The maximum Gasteiger partial charge on any atom is 0.336 e. The Morgan fingerprint density at radius 1 is 1.32 bits per heavy atom. The topological polar surface area (TPSA) is 116 Å². The average Bonchev–Trinajstić information content (AvgIpc) is 2.46. The molecule has 0 spiro atoms. The van der Waals surface area contributed by atoms with Crippen LogP contribution >= 0.6 is 0 Å². The minimum Gasteiger partial charge on any atom is -0.423 e. The molecule has 0 bridgehead atoms. The molecule has 0 saturated carbocycles. The molecule has 7 nitrogen and oxygen atoms in total. The fourth-order valence-electron chi connectivity index (χ4n) is 2.03. The van der Waals surface area contributed by atoms with E-state index >= 15 is 0 Å². The van der Waals surface area contributed by atoms with E-state index in [-0.39, 0.29) is 18.4 Å². The number of nitrogens with one attached hydrogen (secondary N) is 2. The van der Waals surface area contributed by atoms with Crippen LogP contribution in [0, 0.1) is 6.92 Å². The summed E-state index contributed by atoms with van der Waals surface area (Å²) in [5.41, 5.74) is 4.70. The van der Waals surface area contributed by atoms with Gasteiger partial charge < -0.3 is 20.8 Å². The number of rotatable bonds is 4. The fourth-order valence-corrected chi connectivity index (χ4v) is 2.03. The van der Waals surface area contributed by atoms with Crippen LogP contribution in [0.1, 0.15) is 12.5 Å². The van der Waals surface area contributed by atoms with Crippen molar-refractivity contribution in [1.29, 1.82) is 0 Å². The van der Waals surface area contributed by atoms with Gasteiger partial charge in [-0.3, -0.25) is 9.59 Å². The molecule has 116 valence electrons. The van der Waals surface area contributed by atoms with Crippen LogP contribution in [-0.4, -0.2) is 24.4 Å². The molecule has 7 heteroatoms. The molecule has 2 rings (SSSR count). The lowest BCUT2D eigenvalue weighted by Crippen LogP contribution is -2.59. The third kappa shape index (κ3) is 3.50. The second-order valence-corrected chi connectivity index (χ2v) is 4.99. The van der Waals surface area contributed by atoms with E-state index < -0.39 is 11.7 Å². The van der Waals surface area contributed by atoms with Crippen LogP contribution in [0.2, 0.25) is 0 Å². The van der Waals surface area contributed by atoms with Crippen molar-refractivity contribution in [1.82, 2.24) is 5.32 Å². The van der Waals surface area contributed by atoms with E-state index in [1.54, 1.807) is 25.1 Å². The van der Waals surface area contributed by atoms with E-state index in [0.717, 1.165) is 10.9 Å². The Kier molecular flexibility index (Phi) is 4.57. The summed E-state index contributed by atoms with van der Waals surface area (Å²) in [5, 5.41) is 5.99. The fraction of sp³-hybridized carbons (Fsp3) is 0.267. The molecule has 1 aromatic heterocycles. The molecule has 0 aliphatic carbocycles. The van der Waals surface area contributed by atoms with E-state index in [4.69, 9.17) is 4.42 Å². The lowest BCUT2D eigenvalue weighted by molar-refractivity contribution is -0.355. The lowest BCUT2D eigenvalue weighted by Gasteiger charge is -2.13. The quantitative estimate of drug-likeness (QED) is 0.677. The summed E-state index contributed by atoms with van der Waals surface area (Å²) in [6, 6.07) is 5.79. The molecule has 2 amide bonds. The summed E-state index contributed by atoms with van der Waals surface area (Å²) < 4.78 is 5.12. The van der Waals surface area contributed by atoms with Crippen LogP contribution in [0.5, 0.6) is 0 Å². The van der Waals surface area contributed by atoms with E-state index in [1.165, 1.54) is 6.07 Å². The van der Waals surface area contributed by atoms with E-state index in [2.05, 4.69) is 16.4 Å². The number of amides is 2. The molecule has 5 N–H and O–H groups in total. The molecule has 0 aliphatic rings. The highest BCUT2D eigenvalue weighted by atomic mass is 16.4. The number of carbonyl (C=O) groups is 2. The highest BCUT2D eigenvalue weighted by Gasteiger charge is 2.16. The Balaban J connectivity index is 2.20. The first-order valence-corrected chi connectivity index (χ1v) is 6.84. The number of carbonyl (C=O) groups excluding carboxylic acids is 2. The molecule has 2 aromatic rings. The first-order valence-electron chi connectivity index (χ1n) is 6.84. The minimum atomic E-state index is -0.686. The first kappa shape index (κ1) is 15.7. The zero-order valence-corrected chi connectivity index (χ0v) is 12.4. The van der Waals surface area contributed by atoms with Gasteiger partial charge in [0.25, 0.3) is 5.91 Å². The van der Waals surface area contributed by atoms with E-state index in [1.807, 2.05) is 6.92 Å². The zero-order valence-electron chi connectivity index (χ0n) is 12.4. The van der Waals surface area contributed by atoms with Gasteiger partial charge in [-0.25, -0.2) is 4.79 Å². The maximum absolute atomic E-state index is 12.0. The molecule has 1 atom stereocenters. The summed E-state index contributed by atoms with van der Waals surface area (Å²) in [6.45, 7) is 3.46. The summed E-state index contributed by atoms with van der Waals surface area (Å²) >= 11 is 0. The van der Waals surface area contributed by atoms with Gasteiger partial charge in [-0.2, -0.15) is 0 Å². The Bertz CT molecular complexity index is 782. The normalized spacial score (nSPS) is 12.0. The third-order valence-electron chi connectivity index (χ3n) is 3.22. The average molecular weight is 304 g/mol. The van der Waals surface area contributed by atoms with Gasteiger partial charge in [-0.05, 0) is 31.5 Å². The predicted octanol–water partition coefficient (Wildman–Crippen LogP) is -0.213. The molecule has 0 aliphatic heterocycles. The molecule has 22 heavy (non-hydrogen) atoms. The highest BCUT2D eigenvalue weighted by Crippen LogP contribution is 2.20. The van der Waals surface area contributed by atoms with Gasteiger partial charge in [0, 0.05) is 23.2 Å². The molecule has 1 heterocycles. The van der Waals surface area contributed by atoms with Crippen molar-refractivity contribution in [3.8, 4) is 0 Å². The SMILES string of the molecule is Cc1cc(=O)oc2cc(NC(=O)[C@H](C)NC(=O)C[NH3+])ccc12. The molecular formula is C15H18N3O4+. The standard InChI is InChI=1S/C15H17N3O4/c1-8-5-14(20)22-12-6-10(3-4-11(8)12)18-15(21)9(2)17-13(19)7-16/h3-6,9H,7,16H2,1-2H3,(H,17,19)(H,18,21)/p+1/t9-/m0/s1. The molecule has 0 unspecified atom stereocenters. The van der Waals surface area contributed by atoms with Crippen LogP contribution in [-0.2, 0) is 9.59 Å². The zero-order chi connectivity index (χ0) is 16.3. The Hall–Kier alpha value is -2.67. The number of benzene rings is 1. The predicted molar refractivity (Wildman–Crippen MR) is 81.2 cm³/mol. The van der Waals surface area contributed by atoms with Crippen molar-refractivity contribution in [2.45, 2.75) is 19.9 Å². The summed E-state index contributed by atoms with van der Waals surface area (Å²) in [6.07, 6.45) is 0. The van der Waals surface area contributed by atoms with Crippen LogP contribution < -0.4 is 22.0 Å². The number of anilines is 1. The third-order valence-corrected chi connectivity index (χ3v) is 3.22. The Labute approximate surface area is 126 Å². The smallest absolute Gasteiger partial charge is 0.336 e. The van der Waals surface area contributed by atoms with Crippen molar-refractivity contribution >= 4 is 28.5 Å². The van der Waals surface area contributed by atoms with Gasteiger partial charge >= 0.3 is 5.63 Å². The van der Waals surface area contributed by atoms with Gasteiger partial charge in [0.05, 0.1) is 0 Å².